The molecule has 0 saturated carbocycles. The van der Waals surface area contributed by atoms with Crippen LogP contribution in [0, 0.1) is 11.8 Å². The van der Waals surface area contributed by atoms with Gasteiger partial charge < -0.3 is 24.8 Å². The topological polar surface area (TPSA) is 122 Å². The molecule has 2 N–H and O–H groups in total. The predicted molar refractivity (Wildman–Crippen MR) is 151 cm³/mol. The number of halogens is 2. The van der Waals surface area contributed by atoms with Gasteiger partial charge in [0.2, 0.25) is 23.1 Å². The number of aliphatic carboxylic acids is 1. The molecule has 9 nitrogen and oxygen atoms in total. The molecule has 0 radical (unpaired) electrons. The first kappa shape index (κ1) is 27.4. The van der Waals surface area contributed by atoms with Crippen molar-refractivity contribution in [2.75, 3.05) is 36.5 Å². The van der Waals surface area contributed by atoms with Crippen LogP contribution in [0.5, 0.6) is 0 Å². The van der Waals surface area contributed by atoms with Crippen molar-refractivity contribution < 1.29 is 33.8 Å². The van der Waals surface area contributed by atoms with Gasteiger partial charge in [-0.15, -0.1) is 0 Å². The van der Waals surface area contributed by atoms with Crippen LogP contribution in [0.3, 0.4) is 0 Å². The van der Waals surface area contributed by atoms with Gasteiger partial charge in [-0.05, 0) is 42.0 Å². The molecular weight excluding hydrogens is 571 g/mol. The summed E-state index contributed by atoms with van der Waals surface area (Å²) in [6, 6.07) is 17.6. The number of carbonyl (C=O) groups excluding carboxylic acids is 3. The van der Waals surface area contributed by atoms with Crippen molar-refractivity contribution in [3.05, 3.63) is 93.5 Å². The zero-order valence-corrected chi connectivity index (χ0v) is 23.0. The van der Waals surface area contributed by atoms with Gasteiger partial charge in [-0.3, -0.25) is 19.2 Å². The molecule has 3 unspecified atom stereocenters. The Balaban J connectivity index is 1.39. The number of benzene rings is 3. The monoisotopic (exact) mass is 594 g/mol. The van der Waals surface area contributed by atoms with Gasteiger partial charge in [-0.25, -0.2) is 0 Å². The number of amides is 1. The molecule has 3 aliphatic rings. The zero-order valence-electron chi connectivity index (χ0n) is 21.5. The quantitative estimate of drug-likeness (QED) is 0.408. The summed E-state index contributed by atoms with van der Waals surface area (Å²) in [6.45, 7) is 2.72. The summed E-state index contributed by atoms with van der Waals surface area (Å²) in [5, 5.41) is 13.6. The van der Waals surface area contributed by atoms with Crippen molar-refractivity contribution in [1.29, 1.82) is 0 Å². The summed E-state index contributed by atoms with van der Waals surface area (Å²) in [7, 11) is 0. The van der Waals surface area contributed by atoms with Crippen LogP contribution >= 0.6 is 23.2 Å². The minimum atomic E-state index is -2.42. The second kappa shape index (κ2) is 10.6. The number of carbonyl (C=O) groups is 4. The van der Waals surface area contributed by atoms with Crippen LogP contribution in [0.2, 0.25) is 10.0 Å². The van der Waals surface area contributed by atoms with E-state index in [1.807, 2.05) is 12.1 Å². The van der Waals surface area contributed by atoms with Gasteiger partial charge in [0.1, 0.15) is 5.92 Å². The Morgan fingerprint density at radius 3 is 2.12 bits per heavy atom. The molecule has 2 heterocycles. The van der Waals surface area contributed by atoms with E-state index in [1.165, 1.54) is 30.3 Å². The van der Waals surface area contributed by atoms with Gasteiger partial charge in [0, 0.05) is 35.6 Å². The Morgan fingerprint density at radius 1 is 0.902 bits per heavy atom. The average Bonchev–Trinajstić information content (AvgIpc) is 3.45. The highest BCUT2D eigenvalue weighted by molar-refractivity contribution is 6.42. The van der Waals surface area contributed by atoms with Gasteiger partial charge in [-0.2, -0.15) is 0 Å². The maximum atomic E-state index is 13.9. The average molecular weight is 595 g/mol. The Kier molecular flexibility index (Phi) is 7.07. The van der Waals surface area contributed by atoms with Crippen molar-refractivity contribution in [1.82, 2.24) is 0 Å². The number of fused-ring (bicyclic) bond motifs is 1. The number of hydrogen-bond donors (Lipinski definition) is 2. The molecule has 2 fully saturated rings. The molecule has 3 aromatic rings. The van der Waals surface area contributed by atoms with E-state index in [-0.39, 0.29) is 21.2 Å². The van der Waals surface area contributed by atoms with Gasteiger partial charge in [0.25, 0.3) is 0 Å². The lowest BCUT2D eigenvalue weighted by molar-refractivity contribution is -0.147. The van der Waals surface area contributed by atoms with Crippen LogP contribution in [-0.2, 0) is 19.1 Å². The van der Waals surface area contributed by atoms with Crippen molar-refractivity contribution in [3.8, 4) is 0 Å². The van der Waals surface area contributed by atoms with Crippen LogP contribution < -0.4 is 10.2 Å². The second-order valence-corrected chi connectivity index (χ2v) is 10.9. The van der Waals surface area contributed by atoms with Crippen LogP contribution in [0.1, 0.15) is 32.4 Å². The van der Waals surface area contributed by atoms with Gasteiger partial charge in [0.15, 0.2) is 0 Å². The number of rotatable bonds is 5. The molecule has 1 spiro atoms. The second-order valence-electron chi connectivity index (χ2n) is 10.1. The summed E-state index contributed by atoms with van der Waals surface area (Å²) in [5.41, 5.74) is -0.646. The Bertz CT molecular complexity index is 1530. The highest BCUT2D eigenvalue weighted by atomic mass is 35.5. The van der Waals surface area contributed by atoms with E-state index in [4.69, 9.17) is 32.7 Å². The summed E-state index contributed by atoms with van der Waals surface area (Å²) in [5.74, 6) is -7.10. The molecule has 11 heteroatoms. The number of hydrogen-bond acceptors (Lipinski definition) is 7. The highest BCUT2D eigenvalue weighted by Crippen LogP contribution is 2.54. The number of ether oxygens (including phenoxy) is 2. The maximum Gasteiger partial charge on any atom is 0.311 e. The predicted octanol–water partition coefficient (Wildman–Crippen LogP) is 4.68. The third kappa shape index (κ3) is 4.49. The standard InChI is InChI=1S/C30H24Cl2N2O7/c31-21-10-5-16(15-22(21)32)25-23(28(37)33-17-6-8-18(9-7-17)34-11-13-40-14-12-34)24(29(38)39)30(41-25)26(35)19-3-1-2-4-20(19)27(30)36/h1-10,15,23-25H,11-14H2,(H,33,37)(H,38,39). The van der Waals surface area contributed by atoms with Crippen LogP contribution in [0.15, 0.2) is 66.7 Å². The molecule has 41 heavy (non-hydrogen) atoms. The number of nitrogens with one attached hydrogen (secondary N) is 1. The number of carboxylic acid groups (broad SMARTS) is 1. The molecule has 1 aliphatic carbocycles. The lowest BCUT2D eigenvalue weighted by Gasteiger charge is -2.29. The largest absolute Gasteiger partial charge is 0.481 e. The SMILES string of the molecule is O=C(Nc1ccc(N2CCOCC2)cc1)C1C(c2ccc(Cl)c(Cl)c2)OC2(C(=O)c3ccccc3C2=O)C1C(=O)O. The van der Waals surface area contributed by atoms with E-state index in [9.17, 15) is 24.3 Å². The number of Topliss-reactive ketones (excluding diaryl/α,β-unsaturated/α-hetero) is 2. The Morgan fingerprint density at radius 2 is 1.54 bits per heavy atom. The smallest absolute Gasteiger partial charge is 0.311 e. The number of anilines is 2. The van der Waals surface area contributed by atoms with Crippen molar-refractivity contribution in [3.63, 3.8) is 0 Å². The zero-order chi connectivity index (χ0) is 28.9. The van der Waals surface area contributed by atoms with E-state index in [0.29, 0.717) is 24.5 Å². The highest BCUT2D eigenvalue weighted by Gasteiger charge is 2.71. The van der Waals surface area contributed by atoms with Gasteiger partial charge in [-0.1, -0.05) is 53.5 Å². The number of nitrogens with zero attached hydrogens (tertiary/aromatic N) is 1. The van der Waals surface area contributed by atoms with Crippen LogP contribution in [0.25, 0.3) is 0 Å². The molecule has 1 amide bonds. The maximum absolute atomic E-state index is 13.9. The summed E-state index contributed by atoms with van der Waals surface area (Å²) in [4.78, 5) is 56.4. The van der Waals surface area contributed by atoms with E-state index >= 15 is 0 Å². The summed E-state index contributed by atoms with van der Waals surface area (Å²) >= 11 is 12.4. The first-order valence-corrected chi connectivity index (χ1v) is 13.8. The lowest BCUT2D eigenvalue weighted by atomic mass is 9.75. The third-order valence-corrected chi connectivity index (χ3v) is 8.62. The van der Waals surface area contributed by atoms with Crippen LogP contribution in [-0.4, -0.2) is 60.5 Å². The molecule has 0 aromatic heterocycles. The third-order valence-electron chi connectivity index (χ3n) is 7.88. The van der Waals surface area contributed by atoms with E-state index in [0.717, 1.165) is 18.8 Å². The fraction of sp³-hybridized carbons (Fsp3) is 0.267. The molecule has 2 saturated heterocycles. The number of morpholine rings is 1. The molecule has 210 valence electrons. The minimum Gasteiger partial charge on any atom is -0.481 e. The number of carboxylic acids is 1. The van der Waals surface area contributed by atoms with Crippen molar-refractivity contribution >= 4 is 58.0 Å². The van der Waals surface area contributed by atoms with Crippen molar-refractivity contribution in [2.24, 2.45) is 11.8 Å². The summed E-state index contributed by atoms with van der Waals surface area (Å²) in [6.07, 6.45) is -1.29. The Hall–Kier alpha value is -3.76. The van der Waals surface area contributed by atoms with Crippen LogP contribution in [0.4, 0.5) is 11.4 Å². The molecule has 3 aromatic carbocycles. The molecule has 6 rings (SSSR count). The van der Waals surface area contributed by atoms with Gasteiger partial charge >= 0.3 is 5.97 Å². The molecule has 3 atom stereocenters. The first-order valence-electron chi connectivity index (χ1n) is 13.0. The summed E-state index contributed by atoms with van der Waals surface area (Å²) < 4.78 is 11.6. The Labute approximate surface area is 244 Å². The van der Waals surface area contributed by atoms with E-state index < -0.39 is 47.0 Å². The first-order chi connectivity index (χ1) is 19.7. The lowest BCUT2D eigenvalue weighted by Crippen LogP contribution is -2.52. The van der Waals surface area contributed by atoms with Gasteiger partial charge in [0.05, 0.1) is 35.3 Å². The normalized spacial score (nSPS) is 23.1. The number of ketones is 2. The van der Waals surface area contributed by atoms with Crippen molar-refractivity contribution in [2.45, 2.75) is 11.7 Å². The molecule has 2 aliphatic heterocycles. The van der Waals surface area contributed by atoms with E-state index in [1.54, 1.807) is 24.3 Å². The minimum absolute atomic E-state index is 0.0522. The van der Waals surface area contributed by atoms with E-state index in [2.05, 4.69) is 10.2 Å². The molecular formula is C30H24Cl2N2O7. The molecule has 0 bridgehead atoms. The fourth-order valence-corrected chi connectivity index (χ4v) is 6.24. The fourth-order valence-electron chi connectivity index (χ4n) is 5.93.